The number of carboxylic acids is 1. The van der Waals surface area contributed by atoms with E-state index in [2.05, 4.69) is 6.92 Å². The molecule has 0 aliphatic heterocycles. The minimum absolute atomic E-state index is 0.210. The first-order chi connectivity index (χ1) is 9.45. The summed E-state index contributed by atoms with van der Waals surface area (Å²) in [5.74, 6) is -2.82. The van der Waals surface area contributed by atoms with Crippen LogP contribution >= 0.6 is 0 Å². The van der Waals surface area contributed by atoms with Crippen LogP contribution in [0.4, 0.5) is 14.5 Å². The number of hydrogen-bond donors (Lipinski definition) is 1. The first kappa shape index (κ1) is 16.4. The molecule has 1 unspecified atom stereocenters. The Bertz CT molecular complexity index is 451. The van der Waals surface area contributed by atoms with Gasteiger partial charge >= 0.3 is 5.97 Å². The Balaban J connectivity index is 2.87. The van der Waals surface area contributed by atoms with E-state index in [0.717, 1.165) is 25.3 Å². The summed E-state index contributed by atoms with van der Waals surface area (Å²) < 4.78 is 26.8. The Labute approximate surface area is 118 Å². The molecule has 112 valence electrons. The van der Waals surface area contributed by atoms with Crippen LogP contribution in [0.5, 0.6) is 0 Å². The second-order valence-corrected chi connectivity index (χ2v) is 4.99. The van der Waals surface area contributed by atoms with E-state index in [1.165, 1.54) is 12.1 Å². The fraction of sp³-hybridized carbons (Fsp3) is 0.533. The monoisotopic (exact) mass is 285 g/mol. The van der Waals surface area contributed by atoms with Gasteiger partial charge in [-0.3, -0.25) is 4.79 Å². The van der Waals surface area contributed by atoms with E-state index in [4.69, 9.17) is 5.11 Å². The summed E-state index contributed by atoms with van der Waals surface area (Å²) in [5, 5.41) is 8.98. The fourth-order valence-corrected chi connectivity index (χ4v) is 2.01. The van der Waals surface area contributed by atoms with Crippen molar-refractivity contribution in [2.24, 2.45) is 5.92 Å². The number of carboxylic acid groups (broad SMARTS) is 1. The molecule has 1 N–H and O–H groups in total. The highest BCUT2D eigenvalue weighted by atomic mass is 19.1. The lowest BCUT2D eigenvalue weighted by Crippen LogP contribution is -2.33. The van der Waals surface area contributed by atoms with Crippen molar-refractivity contribution in [2.75, 3.05) is 18.0 Å². The van der Waals surface area contributed by atoms with Crippen LogP contribution in [0.3, 0.4) is 0 Å². The molecule has 0 amide bonds. The first-order valence-electron chi connectivity index (χ1n) is 6.88. The van der Waals surface area contributed by atoms with Gasteiger partial charge in [-0.1, -0.05) is 26.7 Å². The van der Waals surface area contributed by atoms with Gasteiger partial charge in [0, 0.05) is 19.2 Å². The summed E-state index contributed by atoms with van der Waals surface area (Å²) in [6, 6.07) is 3.38. The third-order valence-electron chi connectivity index (χ3n) is 3.20. The molecule has 0 heterocycles. The SMILES string of the molecule is CCCCCN(CC(C)C(=O)O)c1ccc(F)cc1F. The van der Waals surface area contributed by atoms with E-state index in [-0.39, 0.29) is 12.2 Å². The molecule has 20 heavy (non-hydrogen) atoms. The molecular formula is C15H21F2NO2. The average Bonchev–Trinajstić information content (AvgIpc) is 2.37. The number of unbranched alkanes of at least 4 members (excludes halogenated alkanes) is 2. The van der Waals surface area contributed by atoms with Crippen LogP contribution in [0.2, 0.25) is 0 Å². The summed E-state index contributed by atoms with van der Waals surface area (Å²) in [7, 11) is 0. The third-order valence-corrected chi connectivity index (χ3v) is 3.20. The molecule has 0 radical (unpaired) electrons. The molecule has 1 aromatic carbocycles. The quantitative estimate of drug-likeness (QED) is 0.741. The van der Waals surface area contributed by atoms with Gasteiger partial charge in [-0.05, 0) is 18.6 Å². The van der Waals surface area contributed by atoms with Gasteiger partial charge in [-0.25, -0.2) is 8.78 Å². The molecule has 0 fully saturated rings. The smallest absolute Gasteiger partial charge is 0.308 e. The number of hydrogen-bond acceptors (Lipinski definition) is 2. The lowest BCUT2D eigenvalue weighted by atomic mass is 10.1. The zero-order valence-electron chi connectivity index (χ0n) is 11.9. The van der Waals surface area contributed by atoms with Gasteiger partial charge in [0.25, 0.3) is 0 Å². The van der Waals surface area contributed by atoms with Crippen molar-refractivity contribution < 1.29 is 18.7 Å². The number of aliphatic carboxylic acids is 1. The van der Waals surface area contributed by atoms with E-state index in [1.54, 1.807) is 11.8 Å². The molecule has 0 bridgehead atoms. The van der Waals surface area contributed by atoms with Crippen molar-refractivity contribution in [2.45, 2.75) is 33.1 Å². The van der Waals surface area contributed by atoms with Gasteiger partial charge < -0.3 is 10.0 Å². The number of rotatable bonds is 8. The molecule has 0 saturated carbocycles. The summed E-state index contributed by atoms with van der Waals surface area (Å²) in [6.45, 7) is 4.41. The molecule has 3 nitrogen and oxygen atoms in total. The van der Waals surface area contributed by atoms with Crippen molar-refractivity contribution in [3.05, 3.63) is 29.8 Å². The van der Waals surface area contributed by atoms with Crippen molar-refractivity contribution in [1.29, 1.82) is 0 Å². The van der Waals surface area contributed by atoms with Crippen LogP contribution < -0.4 is 4.90 Å². The van der Waals surface area contributed by atoms with Crippen molar-refractivity contribution >= 4 is 11.7 Å². The van der Waals surface area contributed by atoms with Gasteiger partial charge in [0.1, 0.15) is 11.6 Å². The summed E-state index contributed by atoms with van der Waals surface area (Å²) in [6.07, 6.45) is 2.86. The van der Waals surface area contributed by atoms with Crippen LogP contribution in [0.1, 0.15) is 33.1 Å². The van der Waals surface area contributed by atoms with Crippen LogP contribution in [-0.4, -0.2) is 24.2 Å². The molecule has 0 spiro atoms. The van der Waals surface area contributed by atoms with Gasteiger partial charge in [0.15, 0.2) is 0 Å². The van der Waals surface area contributed by atoms with E-state index in [1.807, 2.05) is 0 Å². The molecule has 5 heteroatoms. The molecule has 1 rings (SSSR count). The Hall–Kier alpha value is -1.65. The minimum atomic E-state index is -0.923. The minimum Gasteiger partial charge on any atom is -0.481 e. The maximum absolute atomic E-state index is 13.8. The third kappa shape index (κ3) is 4.79. The molecule has 0 saturated heterocycles. The fourth-order valence-electron chi connectivity index (χ4n) is 2.01. The first-order valence-corrected chi connectivity index (χ1v) is 6.88. The number of anilines is 1. The Morgan fingerprint density at radius 2 is 2.05 bits per heavy atom. The normalized spacial score (nSPS) is 12.2. The second kappa shape index (κ2) is 7.82. The highest BCUT2D eigenvalue weighted by molar-refractivity contribution is 5.70. The number of halogens is 2. The standard InChI is InChI=1S/C15H21F2NO2/c1-3-4-5-8-18(10-11(2)15(19)20)14-7-6-12(16)9-13(14)17/h6-7,9,11H,3-5,8,10H2,1-2H3,(H,19,20). The zero-order chi connectivity index (χ0) is 15.1. The van der Waals surface area contributed by atoms with Gasteiger partial charge in [-0.2, -0.15) is 0 Å². The van der Waals surface area contributed by atoms with Crippen molar-refractivity contribution in [3.8, 4) is 0 Å². The van der Waals surface area contributed by atoms with Crippen LogP contribution in [0.25, 0.3) is 0 Å². The summed E-state index contributed by atoms with van der Waals surface area (Å²) >= 11 is 0. The number of carbonyl (C=O) groups is 1. The highest BCUT2D eigenvalue weighted by Crippen LogP contribution is 2.22. The molecule has 0 aliphatic carbocycles. The van der Waals surface area contributed by atoms with E-state index < -0.39 is 23.5 Å². The summed E-state index contributed by atoms with van der Waals surface area (Å²) in [4.78, 5) is 12.6. The second-order valence-electron chi connectivity index (χ2n) is 4.99. The highest BCUT2D eigenvalue weighted by Gasteiger charge is 2.19. The lowest BCUT2D eigenvalue weighted by Gasteiger charge is -2.27. The van der Waals surface area contributed by atoms with Crippen LogP contribution in [-0.2, 0) is 4.79 Å². The van der Waals surface area contributed by atoms with Gasteiger partial charge in [0.05, 0.1) is 11.6 Å². The van der Waals surface area contributed by atoms with E-state index >= 15 is 0 Å². The van der Waals surface area contributed by atoms with Gasteiger partial charge in [-0.15, -0.1) is 0 Å². The predicted molar refractivity (Wildman–Crippen MR) is 74.9 cm³/mol. The number of nitrogens with zero attached hydrogens (tertiary/aromatic N) is 1. The largest absolute Gasteiger partial charge is 0.481 e. The van der Waals surface area contributed by atoms with Crippen LogP contribution in [0.15, 0.2) is 18.2 Å². The maximum Gasteiger partial charge on any atom is 0.308 e. The van der Waals surface area contributed by atoms with E-state index in [0.29, 0.717) is 6.54 Å². The Morgan fingerprint density at radius 3 is 2.60 bits per heavy atom. The molecule has 0 aromatic heterocycles. The molecule has 1 atom stereocenters. The Kier molecular flexibility index (Phi) is 6.42. The van der Waals surface area contributed by atoms with Crippen molar-refractivity contribution in [3.63, 3.8) is 0 Å². The topological polar surface area (TPSA) is 40.5 Å². The maximum atomic E-state index is 13.8. The molecule has 1 aromatic rings. The molecule has 0 aliphatic rings. The van der Waals surface area contributed by atoms with Crippen molar-refractivity contribution in [1.82, 2.24) is 0 Å². The lowest BCUT2D eigenvalue weighted by molar-refractivity contribution is -0.140. The van der Waals surface area contributed by atoms with Crippen LogP contribution in [0, 0.1) is 17.6 Å². The average molecular weight is 285 g/mol. The molecular weight excluding hydrogens is 264 g/mol. The Morgan fingerprint density at radius 1 is 1.35 bits per heavy atom. The zero-order valence-corrected chi connectivity index (χ0v) is 11.9. The summed E-state index contributed by atoms with van der Waals surface area (Å²) in [5.41, 5.74) is 0.260. The number of benzene rings is 1. The van der Waals surface area contributed by atoms with Gasteiger partial charge in [0.2, 0.25) is 0 Å². The van der Waals surface area contributed by atoms with E-state index in [9.17, 15) is 13.6 Å². The predicted octanol–water partition coefficient (Wildman–Crippen LogP) is 3.68.